The van der Waals surface area contributed by atoms with Crippen LogP contribution in [0.2, 0.25) is 0 Å². The smallest absolute Gasteiger partial charge is 0.250 e. The minimum atomic E-state index is -3.59. The summed E-state index contributed by atoms with van der Waals surface area (Å²) in [6.45, 7) is 3.52. The zero-order chi connectivity index (χ0) is 13.8. The second-order valence-corrected chi connectivity index (χ2v) is 7.46. The molecule has 18 heavy (non-hydrogen) atoms. The van der Waals surface area contributed by atoms with E-state index in [1.165, 1.54) is 6.07 Å². The zero-order valence-corrected chi connectivity index (χ0v) is 11.9. The number of nitrogens with one attached hydrogen (secondary N) is 2. The first-order chi connectivity index (χ1) is 8.21. The minimum absolute atomic E-state index is 0.189. The van der Waals surface area contributed by atoms with E-state index < -0.39 is 21.5 Å². The van der Waals surface area contributed by atoms with Crippen LogP contribution in [0.25, 0.3) is 0 Å². The molecule has 0 unspecified atom stereocenters. The Bertz CT molecular complexity index is 489. The highest BCUT2D eigenvalue weighted by Gasteiger charge is 2.17. The van der Waals surface area contributed by atoms with Gasteiger partial charge in [0, 0.05) is 12.1 Å². The van der Waals surface area contributed by atoms with Gasteiger partial charge in [0.2, 0.25) is 5.91 Å². The summed E-state index contributed by atoms with van der Waals surface area (Å²) in [5.74, 6) is -0.409. The van der Waals surface area contributed by atoms with Gasteiger partial charge < -0.3 is 11.1 Å². The van der Waals surface area contributed by atoms with Crippen molar-refractivity contribution in [2.24, 2.45) is 5.73 Å². The molecule has 102 valence electrons. The average molecular weight is 291 g/mol. The van der Waals surface area contributed by atoms with Gasteiger partial charge >= 0.3 is 0 Å². The van der Waals surface area contributed by atoms with Gasteiger partial charge in [-0.1, -0.05) is 6.07 Å². The van der Waals surface area contributed by atoms with Crippen LogP contribution < -0.4 is 15.8 Å². The lowest BCUT2D eigenvalue weighted by Gasteiger charge is -2.18. The standard InChI is InChI=1S/C10H17N3O3S2/c1-10(2,11)7-12-8(14)6-13-18(15,16)9-4-3-5-17-9/h3-5,13H,6-7,11H2,1-2H3,(H,12,14). The molecule has 0 fully saturated rings. The van der Waals surface area contributed by atoms with Crippen LogP contribution in [-0.2, 0) is 14.8 Å². The van der Waals surface area contributed by atoms with Gasteiger partial charge in [0.25, 0.3) is 10.0 Å². The molecule has 8 heteroatoms. The molecule has 4 N–H and O–H groups in total. The van der Waals surface area contributed by atoms with E-state index in [1.807, 2.05) is 0 Å². The quantitative estimate of drug-likeness (QED) is 0.680. The molecule has 0 aliphatic heterocycles. The summed E-state index contributed by atoms with van der Waals surface area (Å²) < 4.78 is 25.8. The first-order valence-corrected chi connectivity index (χ1v) is 7.66. The molecule has 0 radical (unpaired) electrons. The fourth-order valence-corrected chi connectivity index (χ4v) is 3.06. The number of hydrogen-bond acceptors (Lipinski definition) is 5. The molecule has 0 spiro atoms. The maximum Gasteiger partial charge on any atom is 0.250 e. The van der Waals surface area contributed by atoms with E-state index in [9.17, 15) is 13.2 Å². The normalized spacial score (nSPS) is 12.4. The zero-order valence-electron chi connectivity index (χ0n) is 10.3. The predicted octanol–water partition coefficient (Wildman–Crippen LogP) is -0.120. The van der Waals surface area contributed by atoms with Crippen molar-refractivity contribution < 1.29 is 13.2 Å². The first-order valence-electron chi connectivity index (χ1n) is 5.29. The van der Waals surface area contributed by atoms with Gasteiger partial charge in [-0.25, -0.2) is 13.1 Å². The summed E-state index contributed by atoms with van der Waals surface area (Å²) in [5, 5.41) is 4.21. The molecule has 0 saturated carbocycles. The Morgan fingerprint density at radius 2 is 2.17 bits per heavy atom. The van der Waals surface area contributed by atoms with Crippen molar-refractivity contribution in [2.45, 2.75) is 23.6 Å². The lowest BCUT2D eigenvalue weighted by atomic mass is 10.1. The van der Waals surface area contributed by atoms with Gasteiger partial charge in [-0.3, -0.25) is 4.79 Å². The summed E-state index contributed by atoms with van der Waals surface area (Å²) >= 11 is 1.10. The Morgan fingerprint density at radius 3 is 2.67 bits per heavy atom. The van der Waals surface area contributed by atoms with Crippen LogP contribution in [0.4, 0.5) is 0 Å². The Kier molecular flexibility index (Phi) is 4.85. The van der Waals surface area contributed by atoms with Crippen LogP contribution in [0, 0.1) is 0 Å². The van der Waals surface area contributed by atoms with E-state index in [0.717, 1.165) is 11.3 Å². The van der Waals surface area contributed by atoms with Gasteiger partial charge in [0.05, 0.1) is 6.54 Å². The van der Waals surface area contributed by atoms with E-state index in [2.05, 4.69) is 10.0 Å². The fraction of sp³-hybridized carbons (Fsp3) is 0.500. The van der Waals surface area contributed by atoms with Crippen LogP contribution in [0.3, 0.4) is 0 Å². The third-order valence-corrected chi connectivity index (χ3v) is 4.72. The molecule has 0 aliphatic rings. The van der Waals surface area contributed by atoms with Crippen molar-refractivity contribution in [1.29, 1.82) is 0 Å². The molecule has 0 bridgehead atoms. The molecule has 0 aliphatic carbocycles. The monoisotopic (exact) mass is 291 g/mol. The van der Waals surface area contributed by atoms with Gasteiger partial charge in [0.1, 0.15) is 4.21 Å². The van der Waals surface area contributed by atoms with Crippen molar-refractivity contribution >= 4 is 27.3 Å². The first kappa shape index (κ1) is 15.1. The molecule has 1 amide bonds. The van der Waals surface area contributed by atoms with Crippen molar-refractivity contribution in [1.82, 2.24) is 10.0 Å². The molecule has 6 nitrogen and oxygen atoms in total. The summed E-state index contributed by atoms with van der Waals surface area (Å²) in [4.78, 5) is 11.4. The molecule has 1 aromatic rings. The fourth-order valence-electron chi connectivity index (χ4n) is 1.04. The van der Waals surface area contributed by atoms with Gasteiger partial charge in [0.15, 0.2) is 0 Å². The van der Waals surface area contributed by atoms with Crippen molar-refractivity contribution in [2.75, 3.05) is 13.1 Å². The van der Waals surface area contributed by atoms with E-state index in [4.69, 9.17) is 5.73 Å². The van der Waals surface area contributed by atoms with Crippen molar-refractivity contribution in [3.63, 3.8) is 0 Å². The number of rotatable bonds is 6. The van der Waals surface area contributed by atoms with E-state index in [-0.39, 0.29) is 17.3 Å². The van der Waals surface area contributed by atoms with Crippen LogP contribution in [-0.4, -0.2) is 33.0 Å². The topological polar surface area (TPSA) is 101 Å². The molecule has 1 heterocycles. The van der Waals surface area contributed by atoms with E-state index >= 15 is 0 Å². The largest absolute Gasteiger partial charge is 0.353 e. The number of nitrogens with two attached hydrogens (primary N) is 1. The van der Waals surface area contributed by atoms with E-state index in [0.29, 0.717) is 0 Å². The number of thiophene rings is 1. The Hall–Kier alpha value is -0.960. The molecule has 0 aromatic carbocycles. The third kappa shape index (κ3) is 5.13. The SMILES string of the molecule is CC(C)(N)CNC(=O)CNS(=O)(=O)c1cccs1. The minimum Gasteiger partial charge on any atom is -0.353 e. The van der Waals surface area contributed by atoms with E-state index in [1.54, 1.807) is 25.3 Å². The number of amides is 1. The Morgan fingerprint density at radius 1 is 1.50 bits per heavy atom. The highest BCUT2D eigenvalue weighted by Crippen LogP contribution is 2.14. The highest BCUT2D eigenvalue weighted by molar-refractivity contribution is 7.91. The maximum atomic E-state index is 11.7. The second kappa shape index (κ2) is 5.79. The lowest BCUT2D eigenvalue weighted by Crippen LogP contribution is -2.47. The molecule has 1 aromatic heterocycles. The maximum absolute atomic E-state index is 11.7. The van der Waals surface area contributed by atoms with Crippen LogP contribution >= 0.6 is 11.3 Å². The molecule has 0 saturated heterocycles. The molecule has 1 rings (SSSR count). The van der Waals surface area contributed by atoms with Gasteiger partial charge in [-0.15, -0.1) is 11.3 Å². The number of sulfonamides is 1. The summed E-state index contributed by atoms with van der Waals surface area (Å²) in [6, 6.07) is 3.12. The second-order valence-electron chi connectivity index (χ2n) is 4.52. The lowest BCUT2D eigenvalue weighted by molar-refractivity contribution is -0.120. The van der Waals surface area contributed by atoms with Crippen molar-refractivity contribution in [3.05, 3.63) is 17.5 Å². The number of carbonyl (C=O) groups excluding carboxylic acids is 1. The average Bonchev–Trinajstić information content (AvgIpc) is 2.76. The molecular formula is C10H17N3O3S2. The van der Waals surface area contributed by atoms with Crippen LogP contribution in [0.5, 0.6) is 0 Å². The highest BCUT2D eigenvalue weighted by atomic mass is 32.2. The Balaban J connectivity index is 2.44. The van der Waals surface area contributed by atoms with Crippen molar-refractivity contribution in [3.8, 4) is 0 Å². The molecule has 0 atom stereocenters. The molecular weight excluding hydrogens is 274 g/mol. The number of carbonyl (C=O) groups is 1. The summed E-state index contributed by atoms with van der Waals surface area (Å²) in [6.07, 6.45) is 0. The number of hydrogen-bond donors (Lipinski definition) is 3. The van der Waals surface area contributed by atoms with Crippen LogP contribution in [0.15, 0.2) is 21.7 Å². The van der Waals surface area contributed by atoms with Gasteiger partial charge in [-0.05, 0) is 25.3 Å². The summed E-state index contributed by atoms with van der Waals surface area (Å²) in [7, 11) is -3.59. The predicted molar refractivity (Wildman–Crippen MR) is 70.8 cm³/mol. The third-order valence-electron chi connectivity index (χ3n) is 1.92. The Labute approximate surface area is 111 Å². The summed E-state index contributed by atoms with van der Waals surface area (Å²) in [5.41, 5.74) is 5.17. The van der Waals surface area contributed by atoms with Gasteiger partial charge in [-0.2, -0.15) is 0 Å². The van der Waals surface area contributed by atoms with Crippen LogP contribution in [0.1, 0.15) is 13.8 Å².